The maximum Gasteiger partial charge on any atom is 0.122 e. The van der Waals surface area contributed by atoms with Crippen LogP contribution in [0.3, 0.4) is 0 Å². The first kappa shape index (κ1) is 12.1. The van der Waals surface area contributed by atoms with Gasteiger partial charge in [-0.3, -0.25) is 16.0 Å². The molecule has 0 radical (unpaired) electrons. The van der Waals surface area contributed by atoms with Crippen molar-refractivity contribution in [3.8, 4) is 5.75 Å². The zero-order valence-electron chi connectivity index (χ0n) is 10.8. The van der Waals surface area contributed by atoms with E-state index in [1.807, 2.05) is 25.2 Å². The summed E-state index contributed by atoms with van der Waals surface area (Å²) in [5.74, 6) is 6.94. The van der Waals surface area contributed by atoms with E-state index >= 15 is 0 Å². The molecule has 1 aliphatic heterocycles. The summed E-state index contributed by atoms with van der Waals surface area (Å²) < 4.78 is 7.55. The fourth-order valence-electron chi connectivity index (χ4n) is 2.61. The predicted octanol–water partition coefficient (Wildman–Crippen LogP) is 0.571. The molecule has 0 spiro atoms. The first-order chi connectivity index (χ1) is 9.29. The van der Waals surface area contributed by atoms with Crippen LogP contribution in [0.4, 0.5) is 0 Å². The third-order valence-electron chi connectivity index (χ3n) is 3.63. The van der Waals surface area contributed by atoms with E-state index in [4.69, 9.17) is 10.6 Å². The van der Waals surface area contributed by atoms with Gasteiger partial charge in [0.15, 0.2) is 0 Å². The Morgan fingerprint density at radius 3 is 3.05 bits per heavy atom. The maximum atomic E-state index is 5.81. The molecule has 2 heterocycles. The van der Waals surface area contributed by atoms with Gasteiger partial charge in [-0.15, -0.1) is 5.10 Å². The van der Waals surface area contributed by atoms with Crippen molar-refractivity contribution < 1.29 is 4.74 Å². The number of para-hydroxylation sites is 1. The number of fused-ring (bicyclic) bond motifs is 1. The molecule has 2 unspecified atom stereocenters. The number of nitrogens with two attached hydrogens (primary N) is 1. The molecule has 100 valence electrons. The SMILES string of the molecule is Cn1nncc1C(NN)C1COc2ccccc2C1. The molecule has 1 aromatic heterocycles. The second-order valence-corrected chi connectivity index (χ2v) is 4.81. The number of aryl methyl sites for hydroxylation is 1. The summed E-state index contributed by atoms with van der Waals surface area (Å²) in [7, 11) is 1.87. The van der Waals surface area contributed by atoms with Crippen LogP contribution in [0.5, 0.6) is 5.75 Å². The number of benzene rings is 1. The second kappa shape index (κ2) is 4.99. The highest BCUT2D eigenvalue weighted by molar-refractivity contribution is 5.35. The van der Waals surface area contributed by atoms with Crippen molar-refractivity contribution in [1.82, 2.24) is 20.4 Å². The van der Waals surface area contributed by atoms with E-state index in [1.54, 1.807) is 10.9 Å². The first-order valence-corrected chi connectivity index (χ1v) is 6.31. The number of hydrogen-bond acceptors (Lipinski definition) is 5. The summed E-state index contributed by atoms with van der Waals surface area (Å²) >= 11 is 0. The monoisotopic (exact) mass is 259 g/mol. The minimum absolute atomic E-state index is 0.0200. The summed E-state index contributed by atoms with van der Waals surface area (Å²) in [5, 5.41) is 7.86. The van der Waals surface area contributed by atoms with E-state index in [0.29, 0.717) is 6.61 Å². The van der Waals surface area contributed by atoms with Gasteiger partial charge in [0, 0.05) is 13.0 Å². The average molecular weight is 259 g/mol. The van der Waals surface area contributed by atoms with Crippen LogP contribution in [0.15, 0.2) is 30.5 Å². The number of rotatable bonds is 3. The Morgan fingerprint density at radius 1 is 1.47 bits per heavy atom. The molecule has 0 bridgehead atoms. The number of nitrogens with one attached hydrogen (secondary N) is 1. The lowest BCUT2D eigenvalue weighted by atomic mass is 9.89. The highest BCUT2D eigenvalue weighted by atomic mass is 16.5. The highest BCUT2D eigenvalue weighted by Crippen LogP contribution is 2.32. The Balaban J connectivity index is 1.85. The molecule has 0 aliphatic carbocycles. The largest absolute Gasteiger partial charge is 0.493 e. The molecule has 19 heavy (non-hydrogen) atoms. The molecule has 0 amide bonds. The van der Waals surface area contributed by atoms with Crippen molar-refractivity contribution in [3.63, 3.8) is 0 Å². The van der Waals surface area contributed by atoms with Gasteiger partial charge in [-0.2, -0.15) is 0 Å². The highest BCUT2D eigenvalue weighted by Gasteiger charge is 2.29. The molecule has 6 nitrogen and oxygen atoms in total. The lowest BCUT2D eigenvalue weighted by Gasteiger charge is -2.31. The Hall–Kier alpha value is -1.92. The average Bonchev–Trinajstić information content (AvgIpc) is 2.86. The molecule has 6 heteroatoms. The van der Waals surface area contributed by atoms with Gasteiger partial charge in [0.1, 0.15) is 5.75 Å². The van der Waals surface area contributed by atoms with E-state index in [1.165, 1.54) is 5.56 Å². The summed E-state index contributed by atoms with van der Waals surface area (Å²) in [6, 6.07) is 8.09. The summed E-state index contributed by atoms with van der Waals surface area (Å²) in [4.78, 5) is 0. The van der Waals surface area contributed by atoms with Gasteiger partial charge < -0.3 is 4.74 Å². The maximum absolute atomic E-state index is 5.81. The summed E-state index contributed by atoms with van der Waals surface area (Å²) in [6.45, 7) is 0.636. The molecule has 3 rings (SSSR count). The van der Waals surface area contributed by atoms with Crippen LogP contribution in [0.2, 0.25) is 0 Å². The third-order valence-corrected chi connectivity index (χ3v) is 3.63. The van der Waals surface area contributed by atoms with Crippen LogP contribution in [0.1, 0.15) is 17.3 Å². The van der Waals surface area contributed by atoms with Crippen molar-refractivity contribution in [2.24, 2.45) is 18.8 Å². The normalized spacial score (nSPS) is 19.6. The Bertz CT molecular complexity index is 568. The molecule has 1 aromatic carbocycles. The van der Waals surface area contributed by atoms with Gasteiger partial charge >= 0.3 is 0 Å². The molecule has 0 saturated carbocycles. The van der Waals surface area contributed by atoms with Gasteiger partial charge in [-0.1, -0.05) is 23.4 Å². The van der Waals surface area contributed by atoms with Crippen molar-refractivity contribution in [2.75, 3.05) is 6.61 Å². The Labute approximate surface area is 111 Å². The minimum Gasteiger partial charge on any atom is -0.493 e. The van der Waals surface area contributed by atoms with Gasteiger partial charge in [0.25, 0.3) is 0 Å². The molecular formula is C13H17N5O. The van der Waals surface area contributed by atoms with Crippen LogP contribution >= 0.6 is 0 Å². The zero-order valence-corrected chi connectivity index (χ0v) is 10.8. The minimum atomic E-state index is -0.0200. The molecule has 3 N–H and O–H groups in total. The Kier molecular flexibility index (Phi) is 3.18. The van der Waals surface area contributed by atoms with Crippen LogP contribution in [0.25, 0.3) is 0 Å². The van der Waals surface area contributed by atoms with Crippen LogP contribution < -0.4 is 16.0 Å². The molecule has 0 fully saturated rings. The van der Waals surface area contributed by atoms with Gasteiger partial charge in [-0.05, 0) is 18.1 Å². The van der Waals surface area contributed by atoms with Gasteiger partial charge in [0.05, 0.1) is 24.5 Å². The van der Waals surface area contributed by atoms with Crippen LogP contribution in [0, 0.1) is 5.92 Å². The zero-order chi connectivity index (χ0) is 13.2. The van der Waals surface area contributed by atoms with Gasteiger partial charge in [-0.25, -0.2) is 0 Å². The fraction of sp³-hybridized carbons (Fsp3) is 0.385. The third kappa shape index (κ3) is 2.20. The van der Waals surface area contributed by atoms with Crippen molar-refractivity contribution in [3.05, 3.63) is 41.7 Å². The lowest BCUT2D eigenvalue weighted by Crippen LogP contribution is -2.39. The molecule has 2 atom stereocenters. The van der Waals surface area contributed by atoms with Crippen molar-refractivity contribution >= 4 is 0 Å². The number of hydrazine groups is 1. The van der Waals surface area contributed by atoms with Crippen LogP contribution in [-0.4, -0.2) is 21.6 Å². The number of nitrogens with zero attached hydrogens (tertiary/aromatic N) is 3. The summed E-state index contributed by atoms with van der Waals surface area (Å²) in [5.41, 5.74) is 5.05. The predicted molar refractivity (Wildman–Crippen MR) is 70.2 cm³/mol. The van der Waals surface area contributed by atoms with E-state index in [0.717, 1.165) is 17.9 Å². The van der Waals surface area contributed by atoms with Crippen molar-refractivity contribution in [1.29, 1.82) is 0 Å². The quantitative estimate of drug-likeness (QED) is 0.622. The first-order valence-electron chi connectivity index (χ1n) is 6.31. The molecular weight excluding hydrogens is 242 g/mol. The topological polar surface area (TPSA) is 78.0 Å². The standard InChI is InChI=1S/C13H17N5O/c1-18-11(7-15-17-18)13(16-14)10-6-9-4-2-3-5-12(9)19-8-10/h2-5,7,10,13,16H,6,8,14H2,1H3. The lowest BCUT2D eigenvalue weighted by molar-refractivity contribution is 0.181. The molecule has 0 saturated heterocycles. The number of ether oxygens (including phenoxy) is 1. The van der Waals surface area contributed by atoms with Crippen LogP contribution in [-0.2, 0) is 13.5 Å². The number of hydrogen-bond donors (Lipinski definition) is 2. The Morgan fingerprint density at radius 2 is 2.32 bits per heavy atom. The van der Waals surface area contributed by atoms with Crippen molar-refractivity contribution in [2.45, 2.75) is 12.5 Å². The van der Waals surface area contributed by atoms with E-state index < -0.39 is 0 Å². The summed E-state index contributed by atoms with van der Waals surface area (Å²) in [6.07, 6.45) is 2.67. The molecule has 1 aliphatic rings. The molecule has 2 aromatic rings. The smallest absolute Gasteiger partial charge is 0.122 e. The van der Waals surface area contributed by atoms with E-state index in [2.05, 4.69) is 21.8 Å². The fourth-order valence-corrected chi connectivity index (χ4v) is 2.61. The second-order valence-electron chi connectivity index (χ2n) is 4.81. The van der Waals surface area contributed by atoms with E-state index in [-0.39, 0.29) is 12.0 Å². The van der Waals surface area contributed by atoms with E-state index in [9.17, 15) is 0 Å². The number of aromatic nitrogens is 3. The van der Waals surface area contributed by atoms with Gasteiger partial charge in [0.2, 0.25) is 0 Å².